The van der Waals surface area contributed by atoms with Crippen molar-refractivity contribution in [2.75, 3.05) is 18.8 Å². The van der Waals surface area contributed by atoms with Crippen LogP contribution in [0, 0.1) is 6.92 Å². The second kappa shape index (κ2) is 8.77. The van der Waals surface area contributed by atoms with Gasteiger partial charge in [-0.2, -0.15) is 0 Å². The molecule has 1 amide bonds. The highest BCUT2D eigenvalue weighted by atomic mass is 35.5. The number of aromatic nitrogens is 3. The highest BCUT2D eigenvalue weighted by Crippen LogP contribution is 2.22. The number of rotatable bonds is 6. The number of carbonyl (C=O) groups is 1. The molecule has 1 aliphatic heterocycles. The summed E-state index contributed by atoms with van der Waals surface area (Å²) in [5.41, 5.74) is 0.967. The fraction of sp³-hybridized carbons (Fsp3) is 0.500. The van der Waals surface area contributed by atoms with Gasteiger partial charge < -0.3 is 14.2 Å². The Kier molecular flexibility index (Phi) is 6.43. The molecule has 0 saturated carbocycles. The molecule has 0 unspecified atom stereocenters. The Morgan fingerprint density at radius 1 is 1.27 bits per heavy atom. The van der Waals surface area contributed by atoms with Crippen LogP contribution in [0.25, 0.3) is 0 Å². The van der Waals surface area contributed by atoms with Crippen molar-refractivity contribution in [3.8, 4) is 5.75 Å². The lowest BCUT2D eigenvalue weighted by Crippen LogP contribution is -2.36. The maximum absolute atomic E-state index is 12.3. The number of nitrogens with zero attached hydrogens (tertiary/aromatic N) is 4. The van der Waals surface area contributed by atoms with Crippen LogP contribution in [0.5, 0.6) is 5.75 Å². The quantitative estimate of drug-likeness (QED) is 0.702. The predicted molar refractivity (Wildman–Crippen MR) is 103 cm³/mol. The molecule has 0 atom stereocenters. The summed E-state index contributed by atoms with van der Waals surface area (Å²) >= 11 is 7.45. The molecular formula is C18H23ClN4O2S. The lowest BCUT2D eigenvalue weighted by atomic mass is 10.1. The molecule has 8 heteroatoms. The van der Waals surface area contributed by atoms with Gasteiger partial charge in [-0.3, -0.25) is 4.79 Å². The first-order valence-electron chi connectivity index (χ1n) is 8.72. The van der Waals surface area contributed by atoms with Crippen LogP contribution in [0.1, 0.15) is 30.7 Å². The summed E-state index contributed by atoms with van der Waals surface area (Å²) in [6, 6.07) is 5.54. The van der Waals surface area contributed by atoms with E-state index in [1.165, 1.54) is 18.2 Å². The van der Waals surface area contributed by atoms with E-state index >= 15 is 0 Å². The Morgan fingerprint density at radius 3 is 2.77 bits per heavy atom. The van der Waals surface area contributed by atoms with E-state index in [1.54, 1.807) is 0 Å². The molecule has 1 aromatic carbocycles. The van der Waals surface area contributed by atoms with Crippen LogP contribution in [-0.2, 0) is 18.4 Å². The van der Waals surface area contributed by atoms with Gasteiger partial charge in [-0.05, 0) is 49.9 Å². The molecule has 140 valence electrons. The number of piperidine rings is 1. The van der Waals surface area contributed by atoms with Gasteiger partial charge in [-0.25, -0.2) is 0 Å². The minimum Gasteiger partial charge on any atom is -0.486 e. The molecule has 3 rings (SSSR count). The Labute approximate surface area is 162 Å². The number of likely N-dealkylation sites (tertiary alicyclic amines) is 1. The number of benzene rings is 1. The number of ether oxygens (including phenoxy) is 1. The standard InChI is InChI=1S/C18H23ClN4O2S/c1-13-10-14(6-7-15(13)19)25-11-16-20-21-18(22(16)2)26-12-17(24)23-8-4-3-5-9-23/h6-7,10H,3-5,8-9,11-12H2,1-2H3. The number of hydrogen-bond acceptors (Lipinski definition) is 5. The molecule has 0 N–H and O–H groups in total. The van der Waals surface area contributed by atoms with Crippen LogP contribution in [0.4, 0.5) is 0 Å². The molecule has 1 aromatic heterocycles. The molecular weight excluding hydrogens is 372 g/mol. The van der Waals surface area contributed by atoms with Crippen molar-refractivity contribution >= 4 is 29.3 Å². The highest BCUT2D eigenvalue weighted by molar-refractivity contribution is 7.99. The number of carbonyl (C=O) groups excluding carboxylic acids is 1. The summed E-state index contributed by atoms with van der Waals surface area (Å²) in [6.45, 7) is 3.99. The van der Waals surface area contributed by atoms with Gasteiger partial charge in [0.25, 0.3) is 0 Å². The summed E-state index contributed by atoms with van der Waals surface area (Å²) < 4.78 is 7.65. The van der Waals surface area contributed by atoms with Crippen molar-refractivity contribution in [1.82, 2.24) is 19.7 Å². The molecule has 0 aliphatic carbocycles. The van der Waals surface area contributed by atoms with E-state index in [-0.39, 0.29) is 5.91 Å². The minimum absolute atomic E-state index is 0.173. The van der Waals surface area contributed by atoms with Gasteiger partial charge in [-0.1, -0.05) is 23.4 Å². The van der Waals surface area contributed by atoms with Gasteiger partial charge in [0.2, 0.25) is 5.91 Å². The van der Waals surface area contributed by atoms with Crippen LogP contribution in [0.3, 0.4) is 0 Å². The fourth-order valence-electron chi connectivity index (χ4n) is 2.81. The van der Waals surface area contributed by atoms with Crippen molar-refractivity contribution in [3.63, 3.8) is 0 Å². The molecule has 1 aliphatic rings. The van der Waals surface area contributed by atoms with Crippen molar-refractivity contribution in [1.29, 1.82) is 0 Å². The zero-order valence-corrected chi connectivity index (χ0v) is 16.6. The highest BCUT2D eigenvalue weighted by Gasteiger charge is 2.18. The molecule has 0 bridgehead atoms. The largest absolute Gasteiger partial charge is 0.486 e. The zero-order chi connectivity index (χ0) is 18.5. The Bertz CT molecular complexity index is 775. The van der Waals surface area contributed by atoms with Crippen LogP contribution in [0.15, 0.2) is 23.4 Å². The summed E-state index contributed by atoms with van der Waals surface area (Å²) in [7, 11) is 1.89. The van der Waals surface area contributed by atoms with Crippen molar-refractivity contribution in [2.45, 2.75) is 37.9 Å². The Balaban J connectivity index is 1.53. The molecule has 0 spiro atoms. The second-order valence-electron chi connectivity index (χ2n) is 6.39. The maximum atomic E-state index is 12.3. The first-order chi connectivity index (χ1) is 12.5. The molecule has 1 saturated heterocycles. The van der Waals surface area contributed by atoms with Gasteiger partial charge in [0.15, 0.2) is 11.0 Å². The monoisotopic (exact) mass is 394 g/mol. The zero-order valence-electron chi connectivity index (χ0n) is 15.1. The lowest BCUT2D eigenvalue weighted by Gasteiger charge is -2.26. The fourth-order valence-corrected chi connectivity index (χ4v) is 3.76. The van der Waals surface area contributed by atoms with Crippen LogP contribution >= 0.6 is 23.4 Å². The summed E-state index contributed by atoms with van der Waals surface area (Å²) in [5, 5.41) is 9.80. The molecule has 2 heterocycles. The van der Waals surface area contributed by atoms with Gasteiger partial charge in [-0.15, -0.1) is 10.2 Å². The molecule has 6 nitrogen and oxygen atoms in total. The number of hydrogen-bond donors (Lipinski definition) is 0. The molecule has 0 radical (unpaired) electrons. The number of thioether (sulfide) groups is 1. The van der Waals surface area contributed by atoms with Gasteiger partial charge >= 0.3 is 0 Å². The van der Waals surface area contributed by atoms with E-state index in [0.717, 1.165) is 42.4 Å². The van der Waals surface area contributed by atoms with Crippen molar-refractivity contribution < 1.29 is 9.53 Å². The first kappa shape index (κ1) is 19.0. The SMILES string of the molecule is Cc1cc(OCc2nnc(SCC(=O)N3CCCCC3)n2C)ccc1Cl. The van der Waals surface area contributed by atoms with E-state index in [2.05, 4.69) is 10.2 Å². The lowest BCUT2D eigenvalue weighted by molar-refractivity contribution is -0.129. The summed E-state index contributed by atoms with van der Waals surface area (Å²) in [6.07, 6.45) is 3.43. The van der Waals surface area contributed by atoms with Gasteiger partial charge in [0, 0.05) is 25.2 Å². The van der Waals surface area contributed by atoms with Gasteiger partial charge in [0.1, 0.15) is 12.4 Å². The summed E-state index contributed by atoms with van der Waals surface area (Å²) in [5.74, 6) is 2.02. The third-order valence-corrected chi connectivity index (χ3v) is 5.89. The van der Waals surface area contributed by atoms with Crippen molar-refractivity contribution in [3.05, 3.63) is 34.6 Å². The van der Waals surface area contributed by atoms with E-state index in [9.17, 15) is 4.79 Å². The number of aryl methyl sites for hydroxylation is 1. The Morgan fingerprint density at radius 2 is 2.04 bits per heavy atom. The van der Waals surface area contributed by atoms with Crippen LogP contribution in [0.2, 0.25) is 5.02 Å². The third-order valence-electron chi connectivity index (χ3n) is 4.46. The topological polar surface area (TPSA) is 60.3 Å². The average molecular weight is 395 g/mol. The van der Waals surface area contributed by atoms with E-state index < -0.39 is 0 Å². The van der Waals surface area contributed by atoms with E-state index in [4.69, 9.17) is 16.3 Å². The predicted octanol–water partition coefficient (Wildman–Crippen LogP) is 3.46. The summed E-state index contributed by atoms with van der Waals surface area (Å²) in [4.78, 5) is 14.2. The van der Waals surface area contributed by atoms with Crippen LogP contribution in [-0.4, -0.2) is 44.4 Å². The third kappa shape index (κ3) is 4.71. The van der Waals surface area contributed by atoms with E-state index in [1.807, 2.05) is 41.6 Å². The molecule has 26 heavy (non-hydrogen) atoms. The molecule has 1 fully saturated rings. The van der Waals surface area contributed by atoms with Crippen LogP contribution < -0.4 is 4.74 Å². The smallest absolute Gasteiger partial charge is 0.233 e. The normalized spacial score (nSPS) is 14.5. The molecule has 2 aromatic rings. The van der Waals surface area contributed by atoms with E-state index in [0.29, 0.717) is 23.2 Å². The maximum Gasteiger partial charge on any atom is 0.233 e. The second-order valence-corrected chi connectivity index (χ2v) is 7.74. The first-order valence-corrected chi connectivity index (χ1v) is 10.1. The number of amides is 1. The Hall–Kier alpha value is -1.73. The minimum atomic E-state index is 0.173. The van der Waals surface area contributed by atoms with Crippen molar-refractivity contribution in [2.24, 2.45) is 7.05 Å². The number of halogens is 1. The average Bonchev–Trinajstić information content (AvgIpc) is 3.01. The van der Waals surface area contributed by atoms with Gasteiger partial charge in [0.05, 0.1) is 5.75 Å².